The van der Waals surface area contributed by atoms with Crippen LogP contribution in [-0.4, -0.2) is 50.8 Å². The molecule has 2 aromatic rings. The fourth-order valence-corrected chi connectivity index (χ4v) is 5.80. The lowest BCUT2D eigenvalue weighted by atomic mass is 10.0. The molecule has 176 valence electrons. The molecule has 2 fully saturated rings. The lowest BCUT2D eigenvalue weighted by Crippen LogP contribution is -2.48. The van der Waals surface area contributed by atoms with Crippen LogP contribution in [-0.2, 0) is 19.6 Å². The Bertz CT molecular complexity index is 1150. The summed E-state index contributed by atoms with van der Waals surface area (Å²) in [7, 11) is -3.59. The zero-order chi connectivity index (χ0) is 23.8. The van der Waals surface area contributed by atoms with Gasteiger partial charge in [-0.2, -0.15) is 0 Å². The summed E-state index contributed by atoms with van der Waals surface area (Å²) in [5.41, 5.74) is 4.12. The van der Waals surface area contributed by atoms with Crippen LogP contribution in [0.5, 0.6) is 0 Å². The number of carbonyl (C=O) groups excluding carboxylic acids is 2. The number of likely N-dealkylation sites (tertiary alicyclic amines) is 1. The average molecular weight is 470 g/mol. The van der Waals surface area contributed by atoms with Crippen molar-refractivity contribution < 1.29 is 18.0 Å². The van der Waals surface area contributed by atoms with Crippen LogP contribution in [0.15, 0.2) is 47.4 Å². The zero-order valence-electron chi connectivity index (χ0n) is 19.4. The molecule has 0 saturated carbocycles. The normalized spacial score (nSPS) is 19.8. The molecule has 1 N–H and O–H groups in total. The van der Waals surface area contributed by atoms with E-state index in [2.05, 4.69) is 4.72 Å². The molecular formula is C25H31N3O4S. The molecule has 2 aliphatic heterocycles. The predicted octanol–water partition coefficient (Wildman–Crippen LogP) is 2.93. The highest BCUT2D eigenvalue weighted by molar-refractivity contribution is 7.89. The van der Waals surface area contributed by atoms with Crippen LogP contribution >= 0.6 is 0 Å². The van der Waals surface area contributed by atoms with Gasteiger partial charge in [-0.3, -0.25) is 9.59 Å². The molecular weight excluding hydrogens is 438 g/mol. The Morgan fingerprint density at radius 1 is 0.970 bits per heavy atom. The van der Waals surface area contributed by atoms with Gasteiger partial charge in [0.05, 0.1) is 10.8 Å². The molecule has 0 spiro atoms. The Morgan fingerprint density at radius 3 is 2.27 bits per heavy atom. The van der Waals surface area contributed by atoms with E-state index in [1.54, 1.807) is 34.1 Å². The predicted molar refractivity (Wildman–Crippen MR) is 127 cm³/mol. The van der Waals surface area contributed by atoms with Gasteiger partial charge in [0.15, 0.2) is 0 Å². The van der Waals surface area contributed by atoms with E-state index in [0.29, 0.717) is 32.5 Å². The molecule has 33 heavy (non-hydrogen) atoms. The second-order valence-electron chi connectivity index (χ2n) is 9.21. The van der Waals surface area contributed by atoms with E-state index in [4.69, 9.17) is 0 Å². The quantitative estimate of drug-likeness (QED) is 0.730. The number of piperidine rings is 1. The zero-order valence-corrected chi connectivity index (χ0v) is 20.2. The minimum Gasteiger partial charge on any atom is -0.342 e. The summed E-state index contributed by atoms with van der Waals surface area (Å²) >= 11 is 0. The Kier molecular flexibility index (Phi) is 6.59. The fraction of sp³-hybridized carbons (Fsp3) is 0.440. The number of anilines is 1. The van der Waals surface area contributed by atoms with Crippen LogP contribution in [0.3, 0.4) is 0 Å². The molecule has 2 aliphatic rings. The first-order valence-corrected chi connectivity index (χ1v) is 12.9. The Labute approximate surface area is 195 Å². The van der Waals surface area contributed by atoms with Crippen molar-refractivity contribution in [2.24, 2.45) is 5.92 Å². The molecule has 2 saturated heterocycles. The SMILES string of the molecule is Cc1ccc(S(=O)(=O)NC2CCN(C(=O)[C@@H]3CC(=O)N(c4ccc(C)c(C)c4)C3)CC2)cc1. The topological polar surface area (TPSA) is 86.8 Å². The number of sulfonamides is 1. The maximum atomic E-state index is 13.1. The van der Waals surface area contributed by atoms with Crippen molar-refractivity contribution >= 4 is 27.5 Å². The number of carbonyl (C=O) groups is 2. The van der Waals surface area contributed by atoms with Gasteiger partial charge < -0.3 is 9.80 Å². The van der Waals surface area contributed by atoms with Gasteiger partial charge in [0.2, 0.25) is 21.8 Å². The van der Waals surface area contributed by atoms with Crippen LogP contribution in [0.2, 0.25) is 0 Å². The number of amides is 2. The van der Waals surface area contributed by atoms with Crippen molar-refractivity contribution in [3.63, 3.8) is 0 Å². The minimum absolute atomic E-state index is 0.0190. The Balaban J connectivity index is 1.33. The molecule has 0 bridgehead atoms. The summed E-state index contributed by atoms with van der Waals surface area (Å²) in [6.07, 6.45) is 1.32. The van der Waals surface area contributed by atoms with Gasteiger partial charge in [-0.1, -0.05) is 23.8 Å². The third-order valence-corrected chi connectivity index (χ3v) is 8.27. The maximum absolute atomic E-state index is 13.1. The molecule has 0 aromatic heterocycles. The highest BCUT2D eigenvalue weighted by atomic mass is 32.2. The van der Waals surface area contributed by atoms with E-state index in [-0.39, 0.29) is 35.1 Å². The first-order chi connectivity index (χ1) is 15.6. The van der Waals surface area contributed by atoms with Gasteiger partial charge >= 0.3 is 0 Å². The standard InChI is InChI=1S/C25H31N3O4S/c1-17-4-8-23(9-5-17)33(31,32)26-21-10-12-27(13-11-21)25(30)20-15-24(29)28(16-20)22-7-6-18(2)19(3)14-22/h4-9,14,20-21,26H,10-13,15-16H2,1-3H3/t20-/m1/s1. The first-order valence-electron chi connectivity index (χ1n) is 11.4. The molecule has 7 nitrogen and oxygen atoms in total. The molecule has 4 rings (SSSR count). The summed E-state index contributed by atoms with van der Waals surface area (Å²) in [5.74, 6) is -0.410. The highest BCUT2D eigenvalue weighted by Crippen LogP contribution is 2.28. The van der Waals surface area contributed by atoms with Crippen molar-refractivity contribution in [2.45, 2.75) is 51.0 Å². The van der Waals surface area contributed by atoms with Gasteiger partial charge in [0.1, 0.15) is 0 Å². The third-order valence-electron chi connectivity index (χ3n) is 6.74. The number of aryl methyl sites for hydroxylation is 3. The summed E-state index contributed by atoms with van der Waals surface area (Å²) < 4.78 is 28.1. The number of nitrogens with one attached hydrogen (secondary N) is 1. The second kappa shape index (κ2) is 9.27. The molecule has 0 aliphatic carbocycles. The van der Waals surface area contributed by atoms with E-state index in [1.807, 2.05) is 39.0 Å². The van der Waals surface area contributed by atoms with Crippen LogP contribution in [0.25, 0.3) is 0 Å². The maximum Gasteiger partial charge on any atom is 0.240 e. The monoisotopic (exact) mass is 469 g/mol. The van der Waals surface area contributed by atoms with Crippen LogP contribution in [0, 0.1) is 26.7 Å². The van der Waals surface area contributed by atoms with E-state index in [9.17, 15) is 18.0 Å². The van der Waals surface area contributed by atoms with Crippen molar-refractivity contribution in [1.82, 2.24) is 9.62 Å². The van der Waals surface area contributed by atoms with Gasteiger partial charge in [-0.05, 0) is 69.0 Å². The van der Waals surface area contributed by atoms with E-state index >= 15 is 0 Å². The van der Waals surface area contributed by atoms with Crippen LogP contribution in [0.1, 0.15) is 36.0 Å². The number of benzene rings is 2. The molecule has 0 unspecified atom stereocenters. The van der Waals surface area contributed by atoms with Crippen LogP contribution in [0.4, 0.5) is 5.69 Å². The van der Waals surface area contributed by atoms with E-state index < -0.39 is 10.0 Å². The van der Waals surface area contributed by atoms with Crippen molar-refractivity contribution in [2.75, 3.05) is 24.5 Å². The molecule has 8 heteroatoms. The smallest absolute Gasteiger partial charge is 0.240 e. The fourth-order valence-electron chi connectivity index (χ4n) is 4.50. The molecule has 1 atom stereocenters. The molecule has 2 heterocycles. The van der Waals surface area contributed by atoms with Crippen LogP contribution < -0.4 is 9.62 Å². The van der Waals surface area contributed by atoms with Gasteiger partial charge in [0.25, 0.3) is 0 Å². The summed E-state index contributed by atoms with van der Waals surface area (Å²) in [5, 5.41) is 0. The second-order valence-corrected chi connectivity index (χ2v) is 10.9. The number of hydrogen-bond donors (Lipinski definition) is 1. The Hall–Kier alpha value is -2.71. The highest BCUT2D eigenvalue weighted by Gasteiger charge is 2.38. The molecule has 0 radical (unpaired) electrons. The summed E-state index contributed by atoms with van der Waals surface area (Å²) in [6, 6.07) is 12.5. The van der Waals surface area contributed by atoms with Crippen molar-refractivity contribution in [3.05, 3.63) is 59.2 Å². The largest absolute Gasteiger partial charge is 0.342 e. The summed E-state index contributed by atoms with van der Waals surface area (Å²) in [6.45, 7) is 7.30. The number of rotatable bonds is 5. The third kappa shape index (κ3) is 5.12. The van der Waals surface area contributed by atoms with E-state index in [1.165, 1.54) is 5.56 Å². The van der Waals surface area contributed by atoms with Gasteiger partial charge in [-0.15, -0.1) is 0 Å². The van der Waals surface area contributed by atoms with E-state index in [0.717, 1.165) is 16.8 Å². The van der Waals surface area contributed by atoms with Gasteiger partial charge in [0, 0.05) is 37.8 Å². The van der Waals surface area contributed by atoms with Crippen molar-refractivity contribution in [1.29, 1.82) is 0 Å². The number of nitrogens with zero attached hydrogens (tertiary/aromatic N) is 2. The van der Waals surface area contributed by atoms with Crippen molar-refractivity contribution in [3.8, 4) is 0 Å². The summed E-state index contributed by atoms with van der Waals surface area (Å²) in [4.78, 5) is 29.4. The average Bonchev–Trinajstić information content (AvgIpc) is 3.17. The lowest BCUT2D eigenvalue weighted by molar-refractivity contribution is -0.136. The molecule has 2 amide bonds. The lowest BCUT2D eigenvalue weighted by Gasteiger charge is -2.33. The first kappa shape index (κ1) is 23.4. The Morgan fingerprint density at radius 2 is 1.64 bits per heavy atom. The van der Waals surface area contributed by atoms with Gasteiger partial charge in [-0.25, -0.2) is 13.1 Å². The minimum atomic E-state index is -3.59. The molecule has 2 aromatic carbocycles. The number of hydrogen-bond acceptors (Lipinski definition) is 4.